The van der Waals surface area contributed by atoms with Gasteiger partial charge in [0.15, 0.2) is 11.6 Å². The number of methoxy groups -OCH3 is 1. The molecule has 134 valence electrons. The van der Waals surface area contributed by atoms with Gasteiger partial charge in [0.1, 0.15) is 25.9 Å². The first-order valence-electron chi connectivity index (χ1n) is 8.11. The second-order valence-electron chi connectivity index (χ2n) is 6.00. The molecule has 1 aliphatic rings. The quantitative estimate of drug-likeness (QED) is 0.780. The molecule has 1 saturated heterocycles. The van der Waals surface area contributed by atoms with Gasteiger partial charge in [-0.2, -0.15) is 9.97 Å². The Labute approximate surface area is 146 Å². The highest BCUT2D eigenvalue weighted by molar-refractivity contribution is 5.40. The van der Waals surface area contributed by atoms with Gasteiger partial charge in [0.2, 0.25) is 11.9 Å². The summed E-state index contributed by atoms with van der Waals surface area (Å²) in [4.78, 5) is 29.7. The van der Waals surface area contributed by atoms with Gasteiger partial charge in [0.05, 0.1) is 0 Å². The van der Waals surface area contributed by atoms with Crippen LogP contribution in [0.3, 0.4) is 0 Å². The SMILES string of the molecule is COCc1ncnc(N2C[C@@H](C)N(c3ncnc(CO)n3)[C@@H](C)C2)n1. The van der Waals surface area contributed by atoms with E-state index in [1.165, 1.54) is 12.7 Å². The lowest BCUT2D eigenvalue weighted by atomic mass is 10.1. The van der Waals surface area contributed by atoms with E-state index in [0.717, 1.165) is 13.1 Å². The topological polar surface area (TPSA) is 113 Å². The summed E-state index contributed by atoms with van der Waals surface area (Å²) in [6, 6.07) is 0.278. The number of hydrogen-bond acceptors (Lipinski definition) is 10. The Bertz CT molecular complexity index is 703. The summed E-state index contributed by atoms with van der Waals surface area (Å²) in [5, 5.41) is 9.24. The first-order valence-corrected chi connectivity index (χ1v) is 8.11. The molecule has 0 spiro atoms. The van der Waals surface area contributed by atoms with Crippen molar-refractivity contribution >= 4 is 11.9 Å². The lowest BCUT2D eigenvalue weighted by molar-refractivity contribution is 0.177. The molecule has 0 aromatic carbocycles. The van der Waals surface area contributed by atoms with Crippen LogP contribution in [0.15, 0.2) is 12.7 Å². The number of piperazine rings is 1. The predicted octanol–water partition coefficient (Wildman–Crippen LogP) is -0.201. The first-order chi connectivity index (χ1) is 12.1. The van der Waals surface area contributed by atoms with E-state index in [0.29, 0.717) is 30.2 Å². The second-order valence-corrected chi connectivity index (χ2v) is 6.00. The number of hydrogen-bond donors (Lipinski definition) is 1. The lowest BCUT2D eigenvalue weighted by Crippen LogP contribution is -2.58. The van der Waals surface area contributed by atoms with Crippen LogP contribution in [-0.2, 0) is 18.0 Å². The van der Waals surface area contributed by atoms with Gasteiger partial charge in [-0.3, -0.25) is 0 Å². The standard InChI is InChI=1S/C15H22N8O2/c1-10-4-22(14-18-9-17-13(21-14)7-25-3)5-11(2)23(10)15-19-8-16-12(6-24)20-15/h8-11,24H,4-7H2,1-3H3/t10-,11+. The summed E-state index contributed by atoms with van der Waals surface area (Å²) in [5.74, 6) is 2.20. The molecule has 0 radical (unpaired) electrons. The number of aromatic nitrogens is 6. The number of aliphatic hydroxyl groups is 1. The van der Waals surface area contributed by atoms with Crippen LogP contribution in [0.25, 0.3) is 0 Å². The maximum Gasteiger partial charge on any atom is 0.229 e. The van der Waals surface area contributed by atoms with E-state index in [4.69, 9.17) is 4.74 Å². The van der Waals surface area contributed by atoms with Crippen LogP contribution in [0, 0.1) is 0 Å². The average Bonchev–Trinajstić information content (AvgIpc) is 2.62. The second kappa shape index (κ2) is 7.62. The van der Waals surface area contributed by atoms with Crippen molar-refractivity contribution in [3.05, 3.63) is 24.3 Å². The Morgan fingerprint density at radius 3 is 2.24 bits per heavy atom. The van der Waals surface area contributed by atoms with Crippen LogP contribution in [0.4, 0.5) is 11.9 Å². The summed E-state index contributed by atoms with van der Waals surface area (Å²) in [7, 11) is 1.61. The van der Waals surface area contributed by atoms with E-state index in [1.54, 1.807) is 7.11 Å². The monoisotopic (exact) mass is 346 g/mol. The first kappa shape index (κ1) is 17.4. The normalized spacial score (nSPS) is 20.8. The molecule has 1 aliphatic heterocycles. The molecule has 2 aromatic heterocycles. The molecular weight excluding hydrogens is 324 g/mol. The van der Waals surface area contributed by atoms with Crippen molar-refractivity contribution in [2.24, 2.45) is 0 Å². The molecule has 10 nitrogen and oxygen atoms in total. The fourth-order valence-electron chi connectivity index (χ4n) is 3.07. The number of ether oxygens (including phenoxy) is 1. The van der Waals surface area contributed by atoms with Gasteiger partial charge in [-0.25, -0.2) is 19.9 Å². The van der Waals surface area contributed by atoms with Crippen molar-refractivity contribution in [1.29, 1.82) is 0 Å². The Hall–Kier alpha value is -2.46. The van der Waals surface area contributed by atoms with Crippen LogP contribution in [0.5, 0.6) is 0 Å². The van der Waals surface area contributed by atoms with E-state index in [2.05, 4.69) is 53.6 Å². The summed E-state index contributed by atoms with van der Waals surface area (Å²) in [5.41, 5.74) is 0. The number of nitrogens with zero attached hydrogens (tertiary/aromatic N) is 8. The van der Waals surface area contributed by atoms with Crippen molar-refractivity contribution in [2.75, 3.05) is 30.0 Å². The molecule has 0 bridgehead atoms. The molecule has 1 N–H and O–H groups in total. The predicted molar refractivity (Wildman–Crippen MR) is 89.9 cm³/mol. The van der Waals surface area contributed by atoms with Crippen LogP contribution in [0.1, 0.15) is 25.5 Å². The van der Waals surface area contributed by atoms with Gasteiger partial charge in [-0.1, -0.05) is 0 Å². The molecule has 0 saturated carbocycles. The molecule has 25 heavy (non-hydrogen) atoms. The molecule has 2 aromatic rings. The fraction of sp³-hybridized carbons (Fsp3) is 0.600. The van der Waals surface area contributed by atoms with Crippen LogP contribution in [0.2, 0.25) is 0 Å². The van der Waals surface area contributed by atoms with Crippen LogP contribution >= 0.6 is 0 Å². The van der Waals surface area contributed by atoms with E-state index in [9.17, 15) is 5.11 Å². The molecule has 10 heteroatoms. The van der Waals surface area contributed by atoms with E-state index >= 15 is 0 Å². The van der Waals surface area contributed by atoms with Gasteiger partial charge in [0, 0.05) is 32.3 Å². The minimum absolute atomic E-state index is 0.139. The summed E-state index contributed by atoms with van der Waals surface area (Å²) in [6.07, 6.45) is 2.95. The molecule has 0 aliphatic carbocycles. The van der Waals surface area contributed by atoms with Crippen molar-refractivity contribution in [3.63, 3.8) is 0 Å². The van der Waals surface area contributed by atoms with Crippen molar-refractivity contribution < 1.29 is 9.84 Å². The third-order valence-electron chi connectivity index (χ3n) is 4.07. The van der Waals surface area contributed by atoms with Crippen molar-refractivity contribution in [1.82, 2.24) is 29.9 Å². The molecule has 0 amide bonds. The van der Waals surface area contributed by atoms with Gasteiger partial charge in [0.25, 0.3) is 0 Å². The third-order valence-corrected chi connectivity index (χ3v) is 4.07. The van der Waals surface area contributed by atoms with Crippen molar-refractivity contribution in [3.8, 4) is 0 Å². The largest absolute Gasteiger partial charge is 0.388 e. The summed E-state index contributed by atoms with van der Waals surface area (Å²) in [6.45, 7) is 5.80. The Balaban J connectivity index is 1.78. The molecular formula is C15H22N8O2. The molecule has 3 heterocycles. The highest BCUT2D eigenvalue weighted by Crippen LogP contribution is 2.23. The molecule has 3 rings (SSSR count). The smallest absolute Gasteiger partial charge is 0.229 e. The molecule has 1 fully saturated rings. The van der Waals surface area contributed by atoms with Crippen molar-refractivity contribution in [2.45, 2.75) is 39.1 Å². The lowest BCUT2D eigenvalue weighted by Gasteiger charge is -2.44. The molecule has 0 unspecified atom stereocenters. The van der Waals surface area contributed by atoms with Gasteiger partial charge >= 0.3 is 0 Å². The number of aliphatic hydroxyl groups excluding tert-OH is 1. The zero-order chi connectivity index (χ0) is 17.8. The Kier molecular flexibility index (Phi) is 5.29. The number of anilines is 2. The highest BCUT2D eigenvalue weighted by Gasteiger charge is 2.32. The fourth-order valence-corrected chi connectivity index (χ4v) is 3.07. The van der Waals surface area contributed by atoms with E-state index < -0.39 is 0 Å². The van der Waals surface area contributed by atoms with E-state index in [-0.39, 0.29) is 18.7 Å². The Morgan fingerprint density at radius 2 is 1.60 bits per heavy atom. The minimum atomic E-state index is -0.203. The van der Waals surface area contributed by atoms with Crippen LogP contribution in [-0.4, -0.2) is 67.3 Å². The minimum Gasteiger partial charge on any atom is -0.388 e. The van der Waals surface area contributed by atoms with Gasteiger partial charge < -0.3 is 19.6 Å². The maximum absolute atomic E-state index is 9.24. The van der Waals surface area contributed by atoms with Gasteiger partial charge in [-0.05, 0) is 13.8 Å². The van der Waals surface area contributed by atoms with E-state index in [1.807, 2.05) is 0 Å². The highest BCUT2D eigenvalue weighted by atomic mass is 16.5. The summed E-state index contributed by atoms with van der Waals surface area (Å²) < 4.78 is 5.09. The zero-order valence-electron chi connectivity index (χ0n) is 14.6. The third kappa shape index (κ3) is 3.80. The Morgan fingerprint density at radius 1 is 1.00 bits per heavy atom. The maximum atomic E-state index is 9.24. The van der Waals surface area contributed by atoms with Crippen LogP contribution < -0.4 is 9.80 Å². The summed E-state index contributed by atoms with van der Waals surface area (Å²) >= 11 is 0. The average molecular weight is 346 g/mol. The molecule has 2 atom stereocenters. The van der Waals surface area contributed by atoms with Gasteiger partial charge in [-0.15, -0.1) is 0 Å². The number of rotatable bonds is 5. The zero-order valence-corrected chi connectivity index (χ0v) is 14.6.